The standard InChI is InChI=1S/C31H42FN3O5/c1-22-9-5-10-23(19-22)28-26(13-6-14-27(28)32)31(39,15-3-4-18-40-2)24-11-7-16-34(20-24)29(36)33-25-12-8-17-35(21-25)30(37)38/h5-6,9-10,13-14,19,24-25,39H,3-4,7-8,11-12,15-18,20-21H2,1-2H3,(H,33,36)(H,37,38)/t24-,25?,31+/m1/s1. The van der Waals surface area contributed by atoms with Crippen molar-refractivity contribution in [2.45, 2.75) is 63.5 Å². The van der Waals surface area contributed by atoms with Crippen LogP contribution < -0.4 is 5.32 Å². The number of likely N-dealkylation sites (tertiary alicyclic amines) is 2. The average Bonchev–Trinajstić information content (AvgIpc) is 2.95. The Kier molecular flexibility index (Phi) is 10.0. The van der Waals surface area contributed by atoms with Gasteiger partial charge >= 0.3 is 12.1 Å². The zero-order valence-electron chi connectivity index (χ0n) is 23.6. The number of aryl methyl sites for hydroxylation is 1. The molecule has 2 aromatic carbocycles. The number of urea groups is 1. The van der Waals surface area contributed by atoms with E-state index in [0.717, 1.165) is 18.4 Å². The molecular weight excluding hydrogens is 513 g/mol. The Morgan fingerprint density at radius 1 is 1.07 bits per heavy atom. The quantitative estimate of drug-likeness (QED) is 0.361. The topological polar surface area (TPSA) is 102 Å². The molecule has 40 heavy (non-hydrogen) atoms. The lowest BCUT2D eigenvalue weighted by molar-refractivity contribution is -0.0561. The zero-order chi connectivity index (χ0) is 28.7. The third-order valence-electron chi connectivity index (χ3n) is 8.35. The van der Waals surface area contributed by atoms with Crippen molar-refractivity contribution in [1.82, 2.24) is 15.1 Å². The molecule has 4 rings (SSSR count). The van der Waals surface area contributed by atoms with Gasteiger partial charge in [0.15, 0.2) is 0 Å². The molecule has 2 fully saturated rings. The Morgan fingerprint density at radius 3 is 2.58 bits per heavy atom. The van der Waals surface area contributed by atoms with Gasteiger partial charge in [-0.3, -0.25) is 0 Å². The van der Waals surface area contributed by atoms with Crippen LogP contribution in [0.3, 0.4) is 0 Å². The van der Waals surface area contributed by atoms with Crippen molar-refractivity contribution in [2.24, 2.45) is 5.92 Å². The van der Waals surface area contributed by atoms with Crippen molar-refractivity contribution in [3.05, 3.63) is 59.4 Å². The van der Waals surface area contributed by atoms with Gasteiger partial charge in [0.25, 0.3) is 0 Å². The smallest absolute Gasteiger partial charge is 0.407 e. The molecule has 9 heteroatoms. The van der Waals surface area contributed by atoms with E-state index in [2.05, 4.69) is 5.32 Å². The van der Waals surface area contributed by atoms with Crippen LogP contribution >= 0.6 is 0 Å². The highest BCUT2D eigenvalue weighted by atomic mass is 19.1. The SMILES string of the molecule is COCCCC[C@@](O)(c1cccc(F)c1-c1cccc(C)c1)[C@@H]1CCCN(C(=O)NC2CCCN(C(=O)O)C2)C1. The molecule has 3 amide bonds. The van der Waals surface area contributed by atoms with E-state index < -0.39 is 11.7 Å². The summed E-state index contributed by atoms with van der Waals surface area (Å²) in [6.45, 7) is 4.14. The molecule has 0 bridgehead atoms. The van der Waals surface area contributed by atoms with Gasteiger partial charge in [-0.2, -0.15) is 0 Å². The van der Waals surface area contributed by atoms with Crippen molar-refractivity contribution < 1.29 is 28.9 Å². The van der Waals surface area contributed by atoms with E-state index in [9.17, 15) is 19.8 Å². The van der Waals surface area contributed by atoms with E-state index in [-0.39, 0.29) is 30.4 Å². The number of hydrogen-bond donors (Lipinski definition) is 3. The van der Waals surface area contributed by atoms with Crippen molar-refractivity contribution in [1.29, 1.82) is 0 Å². The summed E-state index contributed by atoms with van der Waals surface area (Å²) in [4.78, 5) is 27.8. The summed E-state index contributed by atoms with van der Waals surface area (Å²) in [5.41, 5.74) is 1.30. The Hall–Kier alpha value is -3.17. The monoisotopic (exact) mass is 555 g/mol. The Labute approximate surface area is 236 Å². The number of rotatable bonds is 9. The molecule has 3 atom stereocenters. The fourth-order valence-corrected chi connectivity index (χ4v) is 6.26. The van der Waals surface area contributed by atoms with Crippen molar-refractivity contribution in [3.8, 4) is 11.1 Å². The number of ether oxygens (including phenoxy) is 1. The number of methoxy groups -OCH3 is 1. The number of carbonyl (C=O) groups excluding carboxylic acids is 1. The largest absolute Gasteiger partial charge is 0.465 e. The highest BCUT2D eigenvalue weighted by Crippen LogP contribution is 2.44. The second-order valence-electron chi connectivity index (χ2n) is 11.2. The highest BCUT2D eigenvalue weighted by Gasteiger charge is 2.43. The molecule has 2 aliphatic rings. The van der Waals surface area contributed by atoms with E-state index in [0.29, 0.717) is 75.0 Å². The van der Waals surface area contributed by atoms with E-state index in [1.165, 1.54) is 11.0 Å². The Bertz CT molecular complexity index is 1180. The first-order valence-electron chi connectivity index (χ1n) is 14.3. The van der Waals surface area contributed by atoms with Crippen molar-refractivity contribution >= 4 is 12.1 Å². The molecule has 2 heterocycles. The average molecular weight is 556 g/mol. The fourth-order valence-electron chi connectivity index (χ4n) is 6.26. The van der Waals surface area contributed by atoms with Crippen LogP contribution in [0.4, 0.5) is 14.0 Å². The maximum Gasteiger partial charge on any atom is 0.407 e. The van der Waals surface area contributed by atoms with E-state index in [4.69, 9.17) is 4.74 Å². The summed E-state index contributed by atoms with van der Waals surface area (Å²) in [5, 5.41) is 24.9. The number of nitrogens with zero attached hydrogens (tertiary/aromatic N) is 2. The first-order valence-corrected chi connectivity index (χ1v) is 14.3. The number of unbranched alkanes of at least 4 members (excludes halogenated alkanes) is 1. The first kappa shape index (κ1) is 29.8. The molecule has 2 saturated heterocycles. The minimum Gasteiger partial charge on any atom is -0.465 e. The molecule has 0 aliphatic carbocycles. The van der Waals surface area contributed by atoms with Crippen LogP contribution in [0.25, 0.3) is 11.1 Å². The highest BCUT2D eigenvalue weighted by molar-refractivity contribution is 5.75. The molecule has 2 aliphatic heterocycles. The lowest BCUT2D eigenvalue weighted by Crippen LogP contribution is -2.55. The van der Waals surface area contributed by atoms with E-state index in [1.54, 1.807) is 18.1 Å². The van der Waals surface area contributed by atoms with Crippen LogP contribution in [-0.2, 0) is 10.3 Å². The van der Waals surface area contributed by atoms with Crippen molar-refractivity contribution in [3.63, 3.8) is 0 Å². The fraction of sp³-hybridized carbons (Fsp3) is 0.548. The van der Waals surface area contributed by atoms with E-state index in [1.807, 2.05) is 37.3 Å². The number of carboxylic acid groups (broad SMARTS) is 1. The molecule has 1 unspecified atom stereocenters. The number of amides is 3. The van der Waals surface area contributed by atoms with Gasteiger partial charge in [0.2, 0.25) is 0 Å². The minimum atomic E-state index is -1.36. The van der Waals surface area contributed by atoms with Crippen LogP contribution in [0.5, 0.6) is 0 Å². The number of nitrogens with one attached hydrogen (secondary N) is 1. The molecular formula is C31H42FN3O5. The second kappa shape index (κ2) is 13.5. The van der Waals surface area contributed by atoms with Gasteiger partial charge in [0.05, 0.1) is 5.60 Å². The summed E-state index contributed by atoms with van der Waals surface area (Å²) in [6, 6.07) is 12.0. The van der Waals surface area contributed by atoms with Gasteiger partial charge in [-0.25, -0.2) is 14.0 Å². The number of hydrogen-bond acceptors (Lipinski definition) is 4. The van der Waals surface area contributed by atoms with Gasteiger partial charge in [-0.05, 0) is 69.1 Å². The molecule has 2 aromatic rings. The maximum atomic E-state index is 15.5. The molecule has 0 aromatic heterocycles. The van der Waals surface area contributed by atoms with Gasteiger partial charge in [-0.1, -0.05) is 42.0 Å². The van der Waals surface area contributed by atoms with Gasteiger partial charge in [0, 0.05) is 57.4 Å². The Balaban J connectivity index is 1.60. The van der Waals surface area contributed by atoms with Crippen LogP contribution in [0.15, 0.2) is 42.5 Å². The summed E-state index contributed by atoms with van der Waals surface area (Å²) in [5.74, 6) is -0.689. The van der Waals surface area contributed by atoms with Crippen LogP contribution in [0.2, 0.25) is 0 Å². The summed E-state index contributed by atoms with van der Waals surface area (Å²) < 4.78 is 20.7. The first-order chi connectivity index (χ1) is 19.2. The molecule has 8 nitrogen and oxygen atoms in total. The zero-order valence-corrected chi connectivity index (χ0v) is 23.6. The second-order valence-corrected chi connectivity index (χ2v) is 11.2. The van der Waals surface area contributed by atoms with Crippen LogP contribution in [0.1, 0.15) is 56.1 Å². The lowest BCUT2D eigenvalue weighted by Gasteiger charge is -2.44. The molecule has 0 radical (unpaired) electrons. The third kappa shape index (κ3) is 6.93. The number of carbonyl (C=O) groups is 2. The third-order valence-corrected chi connectivity index (χ3v) is 8.35. The number of piperidine rings is 2. The maximum absolute atomic E-state index is 15.5. The molecule has 0 saturated carbocycles. The predicted octanol–water partition coefficient (Wildman–Crippen LogP) is 5.37. The molecule has 218 valence electrons. The minimum absolute atomic E-state index is 0.248. The normalized spacial score (nSPS) is 21.1. The molecule has 3 N–H and O–H groups in total. The van der Waals surface area contributed by atoms with Crippen LogP contribution in [0, 0.1) is 18.7 Å². The van der Waals surface area contributed by atoms with Crippen LogP contribution in [-0.4, -0.2) is 78.1 Å². The number of aliphatic hydroxyl groups is 1. The number of halogens is 1. The molecule has 0 spiro atoms. The lowest BCUT2D eigenvalue weighted by atomic mass is 9.72. The number of benzene rings is 2. The van der Waals surface area contributed by atoms with Gasteiger partial charge in [0.1, 0.15) is 5.82 Å². The summed E-state index contributed by atoms with van der Waals surface area (Å²) >= 11 is 0. The van der Waals surface area contributed by atoms with Crippen molar-refractivity contribution in [2.75, 3.05) is 39.9 Å². The van der Waals surface area contributed by atoms with Gasteiger partial charge in [-0.15, -0.1) is 0 Å². The predicted molar refractivity (Wildman–Crippen MR) is 152 cm³/mol. The summed E-state index contributed by atoms with van der Waals surface area (Å²) in [6.07, 6.45) is 3.70. The van der Waals surface area contributed by atoms with E-state index >= 15 is 4.39 Å². The summed E-state index contributed by atoms with van der Waals surface area (Å²) in [7, 11) is 1.65. The Morgan fingerprint density at radius 2 is 1.82 bits per heavy atom. The van der Waals surface area contributed by atoms with Gasteiger partial charge < -0.3 is 30.1 Å².